The SMILES string of the molecule is CN1CC(C(=O)N(CCCN2CCC3(C=Cc4ccccc43)CC2)c2ccccc2)CC1=O. The van der Waals surface area contributed by atoms with Gasteiger partial charge in [-0.1, -0.05) is 54.6 Å². The Hall–Kier alpha value is -2.92. The molecule has 2 heterocycles. The fraction of sp³-hybridized carbons (Fsp3) is 0.429. The molecule has 0 bridgehead atoms. The van der Waals surface area contributed by atoms with E-state index in [0.29, 0.717) is 19.5 Å². The summed E-state index contributed by atoms with van der Waals surface area (Å²) in [5.74, 6) is -0.109. The molecule has 0 aromatic heterocycles. The van der Waals surface area contributed by atoms with Crippen molar-refractivity contribution in [3.63, 3.8) is 0 Å². The number of allylic oxidation sites excluding steroid dienone is 1. The summed E-state index contributed by atoms with van der Waals surface area (Å²) >= 11 is 0. The first-order chi connectivity index (χ1) is 16.1. The van der Waals surface area contributed by atoms with E-state index >= 15 is 0 Å². The first kappa shape index (κ1) is 21.9. The van der Waals surface area contributed by atoms with Gasteiger partial charge in [0, 0.05) is 37.7 Å². The van der Waals surface area contributed by atoms with Gasteiger partial charge in [0.1, 0.15) is 0 Å². The third-order valence-corrected chi connectivity index (χ3v) is 7.71. The maximum Gasteiger partial charge on any atom is 0.232 e. The van der Waals surface area contributed by atoms with Gasteiger partial charge in [-0.05, 0) is 62.2 Å². The Morgan fingerprint density at radius 2 is 1.79 bits per heavy atom. The van der Waals surface area contributed by atoms with E-state index in [2.05, 4.69) is 41.3 Å². The molecule has 2 aromatic carbocycles. The number of likely N-dealkylation sites (tertiary alicyclic amines) is 2. The third-order valence-electron chi connectivity index (χ3n) is 7.71. The summed E-state index contributed by atoms with van der Waals surface area (Å²) in [6.45, 7) is 4.35. The van der Waals surface area contributed by atoms with Gasteiger partial charge in [0.15, 0.2) is 0 Å². The van der Waals surface area contributed by atoms with Crippen molar-refractivity contribution in [2.75, 3.05) is 44.7 Å². The number of anilines is 1. The molecule has 5 heteroatoms. The highest BCUT2D eigenvalue weighted by Gasteiger charge is 2.38. The number of hydrogen-bond acceptors (Lipinski definition) is 3. The Morgan fingerprint density at radius 3 is 2.52 bits per heavy atom. The van der Waals surface area contributed by atoms with Crippen molar-refractivity contribution in [1.29, 1.82) is 0 Å². The van der Waals surface area contributed by atoms with Gasteiger partial charge >= 0.3 is 0 Å². The first-order valence-electron chi connectivity index (χ1n) is 12.2. The summed E-state index contributed by atoms with van der Waals surface area (Å²) in [5, 5.41) is 0. The Bertz CT molecular complexity index is 1040. The van der Waals surface area contributed by atoms with Crippen molar-refractivity contribution in [3.8, 4) is 0 Å². The molecule has 1 aliphatic carbocycles. The predicted molar refractivity (Wildman–Crippen MR) is 132 cm³/mol. The van der Waals surface area contributed by atoms with Crippen LogP contribution in [0.1, 0.15) is 36.8 Å². The number of hydrogen-bond donors (Lipinski definition) is 0. The second-order valence-corrected chi connectivity index (χ2v) is 9.77. The highest BCUT2D eigenvalue weighted by Crippen LogP contribution is 2.43. The summed E-state index contributed by atoms with van der Waals surface area (Å²) in [6.07, 6.45) is 8.26. The summed E-state index contributed by atoms with van der Waals surface area (Å²) in [5.41, 5.74) is 4.00. The summed E-state index contributed by atoms with van der Waals surface area (Å²) in [6, 6.07) is 18.7. The van der Waals surface area contributed by atoms with Crippen LogP contribution in [0.3, 0.4) is 0 Å². The highest BCUT2D eigenvalue weighted by atomic mass is 16.2. The minimum atomic E-state index is -0.244. The molecule has 5 nitrogen and oxygen atoms in total. The first-order valence-corrected chi connectivity index (χ1v) is 12.2. The number of para-hydroxylation sites is 1. The molecule has 1 atom stereocenters. The van der Waals surface area contributed by atoms with Crippen LogP contribution < -0.4 is 4.90 Å². The molecule has 2 saturated heterocycles. The van der Waals surface area contributed by atoms with Crippen LogP contribution in [0.25, 0.3) is 6.08 Å². The van der Waals surface area contributed by atoms with Gasteiger partial charge in [0.25, 0.3) is 0 Å². The number of benzene rings is 2. The third kappa shape index (κ3) is 4.34. The lowest BCUT2D eigenvalue weighted by Gasteiger charge is -2.39. The quantitative estimate of drug-likeness (QED) is 0.679. The Morgan fingerprint density at radius 1 is 1.06 bits per heavy atom. The Balaban J connectivity index is 1.18. The van der Waals surface area contributed by atoms with Crippen molar-refractivity contribution < 1.29 is 9.59 Å². The van der Waals surface area contributed by atoms with Crippen LogP contribution in [0.4, 0.5) is 5.69 Å². The fourth-order valence-electron chi connectivity index (χ4n) is 5.72. The molecule has 0 N–H and O–H groups in total. The van der Waals surface area contributed by atoms with Crippen LogP contribution in [0.5, 0.6) is 0 Å². The molecule has 0 radical (unpaired) electrons. The molecule has 1 unspecified atom stereocenters. The van der Waals surface area contributed by atoms with E-state index in [9.17, 15) is 9.59 Å². The molecule has 33 heavy (non-hydrogen) atoms. The van der Waals surface area contributed by atoms with Crippen molar-refractivity contribution in [2.45, 2.75) is 31.1 Å². The average molecular weight is 444 g/mol. The van der Waals surface area contributed by atoms with E-state index in [0.717, 1.165) is 44.6 Å². The standard InChI is InChI=1S/C28H33N3O2/c1-29-21-23(20-26(29)32)27(33)31(24-9-3-2-4-10-24)17-7-16-30-18-14-28(15-19-30)13-12-22-8-5-6-11-25(22)28/h2-6,8-13,23H,7,14-21H2,1H3. The summed E-state index contributed by atoms with van der Waals surface area (Å²) in [4.78, 5) is 31.4. The fourth-order valence-corrected chi connectivity index (χ4v) is 5.72. The van der Waals surface area contributed by atoms with E-state index in [4.69, 9.17) is 0 Å². The predicted octanol–water partition coefficient (Wildman–Crippen LogP) is 3.95. The van der Waals surface area contributed by atoms with Crippen LogP contribution in [0, 0.1) is 5.92 Å². The van der Waals surface area contributed by atoms with E-state index in [1.807, 2.05) is 35.2 Å². The number of carbonyl (C=O) groups is 2. The summed E-state index contributed by atoms with van der Waals surface area (Å²) < 4.78 is 0. The normalized spacial score (nSPS) is 21.5. The molecule has 5 rings (SSSR count). The van der Waals surface area contributed by atoms with Crippen molar-refractivity contribution >= 4 is 23.6 Å². The van der Waals surface area contributed by atoms with Gasteiger partial charge in [-0.2, -0.15) is 0 Å². The molecular weight excluding hydrogens is 410 g/mol. The van der Waals surface area contributed by atoms with Crippen LogP contribution >= 0.6 is 0 Å². The average Bonchev–Trinajstić information content (AvgIpc) is 3.38. The lowest BCUT2D eigenvalue weighted by Crippen LogP contribution is -2.43. The lowest BCUT2D eigenvalue weighted by atomic mass is 9.74. The zero-order chi connectivity index (χ0) is 22.8. The number of amides is 2. The van der Waals surface area contributed by atoms with Gasteiger partial charge < -0.3 is 14.7 Å². The van der Waals surface area contributed by atoms with E-state index in [-0.39, 0.29) is 23.1 Å². The number of carbonyl (C=O) groups excluding carboxylic acids is 2. The van der Waals surface area contributed by atoms with Crippen LogP contribution in [-0.4, -0.2) is 61.4 Å². The monoisotopic (exact) mass is 443 g/mol. The van der Waals surface area contributed by atoms with Gasteiger partial charge in [0.05, 0.1) is 5.92 Å². The number of piperidine rings is 1. The minimum Gasteiger partial charge on any atom is -0.345 e. The van der Waals surface area contributed by atoms with Crippen LogP contribution in [0.15, 0.2) is 60.7 Å². The molecule has 2 amide bonds. The van der Waals surface area contributed by atoms with Crippen LogP contribution in [0.2, 0.25) is 0 Å². The minimum absolute atomic E-state index is 0.0612. The largest absolute Gasteiger partial charge is 0.345 e. The Labute approximate surface area is 196 Å². The number of fused-ring (bicyclic) bond motifs is 2. The molecule has 2 aromatic rings. The summed E-state index contributed by atoms with van der Waals surface area (Å²) in [7, 11) is 1.78. The van der Waals surface area contributed by atoms with Gasteiger partial charge in [-0.3, -0.25) is 9.59 Å². The zero-order valence-electron chi connectivity index (χ0n) is 19.5. The maximum atomic E-state index is 13.3. The van der Waals surface area contributed by atoms with Crippen molar-refractivity contribution in [1.82, 2.24) is 9.80 Å². The molecular formula is C28H33N3O2. The smallest absolute Gasteiger partial charge is 0.232 e. The van der Waals surface area contributed by atoms with Crippen LogP contribution in [-0.2, 0) is 15.0 Å². The molecule has 3 aliphatic rings. The molecule has 1 spiro atoms. The molecule has 2 aliphatic heterocycles. The van der Waals surface area contributed by atoms with E-state index < -0.39 is 0 Å². The zero-order valence-corrected chi connectivity index (χ0v) is 19.5. The second kappa shape index (κ2) is 9.14. The number of rotatable bonds is 6. The molecule has 172 valence electrons. The van der Waals surface area contributed by atoms with Gasteiger partial charge in [-0.25, -0.2) is 0 Å². The molecule has 2 fully saturated rings. The second-order valence-electron chi connectivity index (χ2n) is 9.77. The van der Waals surface area contributed by atoms with Gasteiger partial charge in [-0.15, -0.1) is 0 Å². The Kier molecular flexibility index (Phi) is 6.07. The maximum absolute atomic E-state index is 13.3. The topological polar surface area (TPSA) is 43.9 Å². The van der Waals surface area contributed by atoms with E-state index in [1.165, 1.54) is 11.1 Å². The van der Waals surface area contributed by atoms with Crippen molar-refractivity contribution in [2.24, 2.45) is 5.92 Å². The molecule has 0 saturated carbocycles. The van der Waals surface area contributed by atoms with E-state index in [1.54, 1.807) is 11.9 Å². The van der Waals surface area contributed by atoms with Crippen molar-refractivity contribution in [3.05, 3.63) is 71.8 Å². The highest BCUT2D eigenvalue weighted by molar-refractivity contribution is 5.99. The lowest BCUT2D eigenvalue weighted by molar-refractivity contribution is -0.127. The van der Waals surface area contributed by atoms with Gasteiger partial charge in [0.2, 0.25) is 11.8 Å². The number of nitrogens with zero attached hydrogens (tertiary/aromatic N) is 3.